The summed E-state index contributed by atoms with van der Waals surface area (Å²) < 4.78 is 1.44. The minimum atomic E-state index is -0.405. The summed E-state index contributed by atoms with van der Waals surface area (Å²) in [4.78, 5) is 11.0. The molecule has 7 heteroatoms. The Morgan fingerprint density at radius 1 is 1.50 bits per heavy atom. The number of nitrogens with one attached hydrogen (secondary N) is 1. The van der Waals surface area contributed by atoms with Gasteiger partial charge in [-0.1, -0.05) is 24.6 Å². The van der Waals surface area contributed by atoms with Crippen molar-refractivity contribution >= 4 is 23.0 Å². The quantitative estimate of drug-likeness (QED) is 0.676. The van der Waals surface area contributed by atoms with E-state index in [9.17, 15) is 10.1 Å². The van der Waals surface area contributed by atoms with Gasteiger partial charge >= 0.3 is 5.69 Å². The van der Waals surface area contributed by atoms with Crippen LogP contribution in [0.3, 0.4) is 0 Å². The third-order valence-electron chi connectivity index (χ3n) is 2.85. The fourth-order valence-electron chi connectivity index (χ4n) is 1.87. The first kappa shape index (κ1) is 14.3. The van der Waals surface area contributed by atoms with E-state index in [1.807, 2.05) is 6.92 Å². The number of benzene rings is 1. The highest BCUT2D eigenvalue weighted by Gasteiger charge is 2.21. The average Bonchev–Trinajstić information content (AvgIpc) is 2.75. The topological polar surface area (TPSA) is 73.0 Å². The van der Waals surface area contributed by atoms with Crippen molar-refractivity contribution in [3.8, 4) is 5.69 Å². The minimum absolute atomic E-state index is 0.000108. The van der Waals surface area contributed by atoms with Gasteiger partial charge in [-0.3, -0.25) is 10.1 Å². The summed E-state index contributed by atoms with van der Waals surface area (Å²) in [6, 6.07) is 5.10. The Morgan fingerprint density at radius 3 is 2.80 bits per heavy atom. The predicted molar refractivity (Wildman–Crippen MR) is 78.7 cm³/mol. The Balaban J connectivity index is 2.54. The molecule has 20 heavy (non-hydrogen) atoms. The third kappa shape index (κ3) is 2.75. The Labute approximate surface area is 121 Å². The van der Waals surface area contributed by atoms with E-state index >= 15 is 0 Å². The van der Waals surface area contributed by atoms with Crippen molar-refractivity contribution in [3.63, 3.8) is 0 Å². The van der Waals surface area contributed by atoms with Crippen LogP contribution in [0.25, 0.3) is 5.69 Å². The first-order valence-corrected chi connectivity index (χ1v) is 6.65. The molecule has 2 rings (SSSR count). The molecule has 0 saturated carbocycles. The number of nitro benzene ring substituents is 1. The molecule has 0 unspecified atom stereocenters. The lowest BCUT2D eigenvalue weighted by atomic mass is 10.2. The SMILES string of the molecule is CCCNc1cccc(-n2cc(Cl)c(C)n2)c1[N+](=O)[O-]. The number of nitrogens with zero attached hydrogens (tertiary/aromatic N) is 3. The zero-order valence-corrected chi connectivity index (χ0v) is 12.0. The van der Waals surface area contributed by atoms with Crippen LogP contribution in [-0.2, 0) is 0 Å². The number of halogens is 1. The van der Waals surface area contributed by atoms with Crippen molar-refractivity contribution in [3.05, 3.63) is 45.2 Å². The van der Waals surface area contributed by atoms with Gasteiger partial charge in [0.2, 0.25) is 0 Å². The smallest absolute Gasteiger partial charge is 0.317 e. The van der Waals surface area contributed by atoms with Gasteiger partial charge in [0.15, 0.2) is 0 Å². The molecule has 0 bridgehead atoms. The highest BCUT2D eigenvalue weighted by atomic mass is 35.5. The Hall–Kier alpha value is -2.08. The molecule has 0 aliphatic rings. The minimum Gasteiger partial charge on any atom is -0.379 e. The maximum atomic E-state index is 11.4. The third-order valence-corrected chi connectivity index (χ3v) is 3.22. The lowest BCUT2D eigenvalue weighted by Gasteiger charge is -2.09. The van der Waals surface area contributed by atoms with Crippen molar-refractivity contribution in [2.45, 2.75) is 20.3 Å². The van der Waals surface area contributed by atoms with E-state index in [4.69, 9.17) is 11.6 Å². The molecule has 0 aliphatic heterocycles. The van der Waals surface area contributed by atoms with Gasteiger partial charge in [-0.05, 0) is 25.5 Å². The standard InChI is InChI=1S/C13H15ClN4O2/c1-3-7-15-11-5-4-6-12(13(11)18(19)20)17-8-10(14)9(2)16-17/h4-6,8,15H,3,7H2,1-2H3. The number of para-hydroxylation sites is 1. The molecular weight excluding hydrogens is 280 g/mol. The molecule has 1 aromatic carbocycles. The van der Waals surface area contributed by atoms with Crippen molar-refractivity contribution < 1.29 is 4.92 Å². The van der Waals surface area contributed by atoms with Gasteiger partial charge in [0.05, 0.1) is 15.6 Å². The van der Waals surface area contributed by atoms with Crippen molar-refractivity contribution in [2.75, 3.05) is 11.9 Å². The number of rotatable bonds is 5. The zero-order valence-electron chi connectivity index (χ0n) is 11.3. The first-order chi connectivity index (χ1) is 9.54. The first-order valence-electron chi connectivity index (χ1n) is 6.28. The van der Waals surface area contributed by atoms with Crippen LogP contribution >= 0.6 is 11.6 Å². The summed E-state index contributed by atoms with van der Waals surface area (Å²) in [5, 5.41) is 19.1. The predicted octanol–water partition coefficient (Wildman–Crippen LogP) is 3.56. The van der Waals surface area contributed by atoms with E-state index in [0.717, 1.165) is 6.42 Å². The number of hydrogen-bond donors (Lipinski definition) is 1. The second-order valence-electron chi connectivity index (χ2n) is 4.36. The number of aryl methyl sites for hydroxylation is 1. The number of nitro groups is 1. The fourth-order valence-corrected chi connectivity index (χ4v) is 2.00. The largest absolute Gasteiger partial charge is 0.379 e. The molecule has 6 nitrogen and oxygen atoms in total. The lowest BCUT2D eigenvalue weighted by Crippen LogP contribution is -2.07. The second kappa shape index (κ2) is 5.92. The highest BCUT2D eigenvalue weighted by Crippen LogP contribution is 2.32. The average molecular weight is 295 g/mol. The van der Waals surface area contributed by atoms with E-state index < -0.39 is 4.92 Å². The summed E-state index contributed by atoms with van der Waals surface area (Å²) >= 11 is 5.97. The van der Waals surface area contributed by atoms with Gasteiger partial charge in [0, 0.05) is 12.7 Å². The molecule has 2 aromatic rings. The molecule has 0 amide bonds. The molecule has 0 fully saturated rings. The summed E-state index contributed by atoms with van der Waals surface area (Å²) in [7, 11) is 0. The number of anilines is 1. The summed E-state index contributed by atoms with van der Waals surface area (Å²) in [5.41, 5.74) is 1.51. The molecule has 1 aromatic heterocycles. The molecule has 0 saturated heterocycles. The van der Waals surface area contributed by atoms with Crippen LogP contribution in [0.1, 0.15) is 19.0 Å². The summed E-state index contributed by atoms with van der Waals surface area (Å²) in [6.45, 7) is 4.42. The normalized spacial score (nSPS) is 10.6. The Morgan fingerprint density at radius 2 is 2.25 bits per heavy atom. The Kier molecular flexibility index (Phi) is 4.24. The molecule has 0 atom stereocenters. The zero-order chi connectivity index (χ0) is 14.7. The molecule has 106 valence electrons. The van der Waals surface area contributed by atoms with Crippen LogP contribution < -0.4 is 5.32 Å². The van der Waals surface area contributed by atoms with Crippen LogP contribution in [0, 0.1) is 17.0 Å². The van der Waals surface area contributed by atoms with Crippen molar-refractivity contribution in [1.82, 2.24) is 9.78 Å². The van der Waals surface area contributed by atoms with Crippen LogP contribution in [0.15, 0.2) is 24.4 Å². The lowest BCUT2D eigenvalue weighted by molar-refractivity contribution is -0.383. The molecule has 1 heterocycles. The van der Waals surface area contributed by atoms with Gasteiger partial charge in [0.1, 0.15) is 11.4 Å². The maximum absolute atomic E-state index is 11.4. The molecular formula is C13H15ClN4O2. The van der Waals surface area contributed by atoms with Crippen LogP contribution in [-0.4, -0.2) is 21.2 Å². The van der Waals surface area contributed by atoms with Gasteiger partial charge in [0.25, 0.3) is 0 Å². The summed E-state index contributed by atoms with van der Waals surface area (Å²) in [6.07, 6.45) is 2.46. The van der Waals surface area contributed by atoms with E-state index in [0.29, 0.717) is 28.6 Å². The van der Waals surface area contributed by atoms with E-state index in [1.54, 1.807) is 31.3 Å². The van der Waals surface area contributed by atoms with Crippen LogP contribution in [0.4, 0.5) is 11.4 Å². The number of aromatic nitrogens is 2. The fraction of sp³-hybridized carbons (Fsp3) is 0.308. The molecule has 1 N–H and O–H groups in total. The maximum Gasteiger partial charge on any atom is 0.317 e. The molecule has 0 spiro atoms. The number of hydrogen-bond acceptors (Lipinski definition) is 4. The Bertz CT molecular complexity index is 620. The van der Waals surface area contributed by atoms with Crippen molar-refractivity contribution in [2.24, 2.45) is 0 Å². The van der Waals surface area contributed by atoms with E-state index in [2.05, 4.69) is 10.4 Å². The van der Waals surface area contributed by atoms with E-state index in [1.165, 1.54) is 4.68 Å². The monoisotopic (exact) mass is 294 g/mol. The van der Waals surface area contributed by atoms with Gasteiger partial charge < -0.3 is 5.32 Å². The van der Waals surface area contributed by atoms with E-state index in [-0.39, 0.29) is 5.69 Å². The van der Waals surface area contributed by atoms with Crippen LogP contribution in [0.2, 0.25) is 5.02 Å². The van der Waals surface area contributed by atoms with Gasteiger partial charge in [-0.25, -0.2) is 4.68 Å². The molecule has 0 aliphatic carbocycles. The second-order valence-corrected chi connectivity index (χ2v) is 4.77. The van der Waals surface area contributed by atoms with Gasteiger partial charge in [-0.2, -0.15) is 5.10 Å². The van der Waals surface area contributed by atoms with Crippen molar-refractivity contribution in [1.29, 1.82) is 0 Å². The van der Waals surface area contributed by atoms with Gasteiger partial charge in [-0.15, -0.1) is 0 Å². The summed E-state index contributed by atoms with van der Waals surface area (Å²) in [5.74, 6) is 0. The molecule has 0 radical (unpaired) electrons. The highest BCUT2D eigenvalue weighted by molar-refractivity contribution is 6.31. The van der Waals surface area contributed by atoms with Crippen LogP contribution in [0.5, 0.6) is 0 Å².